The van der Waals surface area contributed by atoms with E-state index in [1.54, 1.807) is 18.3 Å². The Balaban J connectivity index is 1.56. The Bertz CT molecular complexity index is 713. The second-order valence-electron chi connectivity index (χ2n) is 6.53. The predicted octanol–water partition coefficient (Wildman–Crippen LogP) is 1.48. The molecule has 0 spiro atoms. The van der Waals surface area contributed by atoms with Gasteiger partial charge in [0, 0.05) is 25.2 Å². The molecule has 1 unspecified atom stereocenters. The summed E-state index contributed by atoms with van der Waals surface area (Å²) in [6, 6.07) is 3.53. The fourth-order valence-corrected chi connectivity index (χ4v) is 2.71. The maximum Gasteiger partial charge on any atom is 0.253 e. The fraction of sp³-hybridized carbons (Fsp3) is 0.529. The van der Waals surface area contributed by atoms with Gasteiger partial charge in [-0.05, 0) is 25.0 Å². The van der Waals surface area contributed by atoms with Gasteiger partial charge in [-0.1, -0.05) is 19.0 Å². The van der Waals surface area contributed by atoms with Gasteiger partial charge >= 0.3 is 0 Å². The van der Waals surface area contributed by atoms with Crippen molar-refractivity contribution in [1.82, 2.24) is 20.4 Å². The maximum atomic E-state index is 12.2. The molecule has 2 aromatic heterocycles. The highest BCUT2D eigenvalue weighted by molar-refractivity contribution is 5.93. The first-order valence-corrected chi connectivity index (χ1v) is 8.52. The third kappa shape index (κ3) is 4.33. The third-order valence-corrected chi connectivity index (χ3v) is 4.12. The van der Waals surface area contributed by atoms with Crippen LogP contribution >= 0.6 is 0 Å². The van der Waals surface area contributed by atoms with Crippen LogP contribution in [0.5, 0.6) is 0 Å². The van der Waals surface area contributed by atoms with E-state index >= 15 is 0 Å². The second kappa shape index (κ2) is 7.60. The zero-order chi connectivity index (χ0) is 17.8. The Kier molecular flexibility index (Phi) is 5.28. The van der Waals surface area contributed by atoms with Gasteiger partial charge in [-0.3, -0.25) is 4.79 Å². The van der Waals surface area contributed by atoms with Gasteiger partial charge in [-0.25, -0.2) is 4.98 Å². The minimum absolute atomic E-state index is 0.155. The molecule has 134 valence electrons. The van der Waals surface area contributed by atoms with Gasteiger partial charge in [0.05, 0.1) is 18.2 Å². The van der Waals surface area contributed by atoms with Crippen molar-refractivity contribution in [3.05, 3.63) is 35.6 Å². The first kappa shape index (κ1) is 17.3. The number of aliphatic hydroxyl groups is 1. The normalized spacial score (nSPS) is 17.8. The molecule has 0 aromatic carbocycles. The average Bonchev–Trinajstić information content (AvgIpc) is 3.09. The number of hydrogen-bond acceptors (Lipinski definition) is 7. The molecule has 1 aliphatic rings. The van der Waals surface area contributed by atoms with Gasteiger partial charge in [-0.2, -0.15) is 4.98 Å². The topological polar surface area (TPSA) is 104 Å². The van der Waals surface area contributed by atoms with Crippen molar-refractivity contribution in [2.75, 3.05) is 18.0 Å². The molecule has 3 heterocycles. The Labute approximate surface area is 146 Å². The summed E-state index contributed by atoms with van der Waals surface area (Å²) >= 11 is 0. The van der Waals surface area contributed by atoms with Crippen LogP contribution in [0.15, 0.2) is 22.9 Å². The molecule has 1 fully saturated rings. The van der Waals surface area contributed by atoms with Crippen LogP contribution in [-0.2, 0) is 6.54 Å². The van der Waals surface area contributed by atoms with E-state index < -0.39 is 0 Å². The smallest absolute Gasteiger partial charge is 0.253 e. The molecule has 8 heteroatoms. The average molecular weight is 345 g/mol. The Hall–Kier alpha value is -2.48. The predicted molar refractivity (Wildman–Crippen MR) is 91.2 cm³/mol. The number of aliphatic hydroxyl groups excluding tert-OH is 1. The van der Waals surface area contributed by atoms with Crippen molar-refractivity contribution < 1.29 is 14.4 Å². The Morgan fingerprint density at radius 3 is 2.96 bits per heavy atom. The lowest BCUT2D eigenvalue weighted by molar-refractivity contribution is 0.0949. The number of anilines is 1. The van der Waals surface area contributed by atoms with Gasteiger partial charge < -0.3 is 19.8 Å². The lowest BCUT2D eigenvalue weighted by atomic mass is 10.1. The summed E-state index contributed by atoms with van der Waals surface area (Å²) in [5.41, 5.74) is 0.467. The van der Waals surface area contributed by atoms with E-state index in [-0.39, 0.29) is 24.5 Å². The van der Waals surface area contributed by atoms with Gasteiger partial charge in [0.15, 0.2) is 5.82 Å². The quantitative estimate of drug-likeness (QED) is 0.845. The zero-order valence-corrected chi connectivity index (χ0v) is 14.5. The number of rotatable bonds is 5. The Morgan fingerprint density at radius 1 is 1.48 bits per heavy atom. The van der Waals surface area contributed by atoms with Gasteiger partial charge in [0.2, 0.25) is 5.89 Å². The number of carbonyl (C=O) groups excluding carboxylic acids is 1. The van der Waals surface area contributed by atoms with Crippen molar-refractivity contribution in [3.63, 3.8) is 0 Å². The molecule has 0 bridgehead atoms. The van der Waals surface area contributed by atoms with E-state index in [1.807, 2.05) is 18.7 Å². The standard InChI is InChI=1S/C17H23N5O3/c1-11(2)17-20-14(21-25-17)9-19-16(24)12-5-6-15(18-8-12)22-7-3-4-13(23)10-22/h5-6,8,11,13,23H,3-4,7,9-10H2,1-2H3,(H,19,24). The summed E-state index contributed by atoms with van der Waals surface area (Å²) in [6.45, 7) is 5.57. The summed E-state index contributed by atoms with van der Waals surface area (Å²) < 4.78 is 5.10. The van der Waals surface area contributed by atoms with E-state index in [0.29, 0.717) is 23.8 Å². The van der Waals surface area contributed by atoms with Crippen molar-refractivity contribution in [3.8, 4) is 0 Å². The third-order valence-electron chi connectivity index (χ3n) is 4.12. The molecular formula is C17H23N5O3. The van der Waals surface area contributed by atoms with Gasteiger partial charge in [0.1, 0.15) is 5.82 Å². The number of hydrogen-bond donors (Lipinski definition) is 2. The molecule has 2 N–H and O–H groups in total. The summed E-state index contributed by atoms with van der Waals surface area (Å²) in [6.07, 6.45) is 2.99. The minimum atomic E-state index is -0.316. The monoisotopic (exact) mass is 345 g/mol. The maximum absolute atomic E-state index is 12.2. The number of β-amino-alcohol motifs (C(OH)–C–C–N with tert-alkyl or cyclic N) is 1. The molecule has 8 nitrogen and oxygen atoms in total. The first-order chi connectivity index (χ1) is 12.0. The van der Waals surface area contributed by atoms with Crippen LogP contribution in [0.2, 0.25) is 0 Å². The molecule has 0 saturated carbocycles. The van der Waals surface area contributed by atoms with Crippen molar-refractivity contribution in [1.29, 1.82) is 0 Å². The van der Waals surface area contributed by atoms with Gasteiger partial charge in [-0.15, -0.1) is 0 Å². The minimum Gasteiger partial charge on any atom is -0.391 e. The van der Waals surface area contributed by atoms with Crippen molar-refractivity contribution >= 4 is 11.7 Å². The number of pyridine rings is 1. The summed E-state index contributed by atoms with van der Waals surface area (Å²) in [4.78, 5) is 22.8. The van der Waals surface area contributed by atoms with Crippen LogP contribution in [0.4, 0.5) is 5.82 Å². The highest BCUT2D eigenvalue weighted by Crippen LogP contribution is 2.18. The number of carbonyl (C=O) groups is 1. The zero-order valence-electron chi connectivity index (χ0n) is 14.5. The fourth-order valence-electron chi connectivity index (χ4n) is 2.71. The number of piperidine rings is 1. The van der Waals surface area contributed by atoms with Gasteiger partial charge in [0.25, 0.3) is 5.91 Å². The second-order valence-corrected chi connectivity index (χ2v) is 6.53. The van der Waals surface area contributed by atoms with E-state index in [1.165, 1.54) is 0 Å². The first-order valence-electron chi connectivity index (χ1n) is 8.52. The largest absolute Gasteiger partial charge is 0.391 e. The lowest BCUT2D eigenvalue weighted by Crippen LogP contribution is -2.38. The number of nitrogens with zero attached hydrogens (tertiary/aromatic N) is 4. The van der Waals surface area contributed by atoms with E-state index in [4.69, 9.17) is 4.52 Å². The summed E-state index contributed by atoms with van der Waals surface area (Å²) in [5, 5.41) is 16.3. The number of nitrogens with one attached hydrogen (secondary N) is 1. The molecule has 1 aliphatic heterocycles. The van der Waals surface area contributed by atoms with Crippen LogP contribution in [0.1, 0.15) is 54.7 Å². The van der Waals surface area contributed by atoms with E-state index in [2.05, 4.69) is 20.4 Å². The van der Waals surface area contributed by atoms with E-state index in [0.717, 1.165) is 25.2 Å². The Morgan fingerprint density at radius 2 is 2.32 bits per heavy atom. The molecular weight excluding hydrogens is 322 g/mol. The molecule has 0 aliphatic carbocycles. The highest BCUT2D eigenvalue weighted by atomic mass is 16.5. The molecule has 0 radical (unpaired) electrons. The molecule has 2 aromatic rings. The van der Waals surface area contributed by atoms with Crippen molar-refractivity contribution in [2.45, 2.75) is 45.3 Å². The number of amides is 1. The molecule has 25 heavy (non-hydrogen) atoms. The lowest BCUT2D eigenvalue weighted by Gasteiger charge is -2.30. The van der Waals surface area contributed by atoms with Crippen LogP contribution in [0.3, 0.4) is 0 Å². The molecule has 1 amide bonds. The van der Waals surface area contributed by atoms with Crippen LogP contribution < -0.4 is 10.2 Å². The van der Waals surface area contributed by atoms with E-state index in [9.17, 15) is 9.90 Å². The van der Waals surface area contributed by atoms with Crippen LogP contribution in [0.25, 0.3) is 0 Å². The number of aromatic nitrogens is 3. The van der Waals surface area contributed by atoms with Crippen molar-refractivity contribution in [2.24, 2.45) is 0 Å². The molecule has 1 saturated heterocycles. The highest BCUT2D eigenvalue weighted by Gasteiger charge is 2.19. The van der Waals surface area contributed by atoms with Crippen LogP contribution in [0, 0.1) is 0 Å². The SMILES string of the molecule is CC(C)c1nc(CNC(=O)c2ccc(N3CCCC(O)C3)nc2)no1. The summed E-state index contributed by atoms with van der Waals surface area (Å²) in [7, 11) is 0. The molecule has 3 rings (SSSR count). The molecule has 1 atom stereocenters. The summed E-state index contributed by atoms with van der Waals surface area (Å²) in [5.74, 6) is 1.69. The van der Waals surface area contributed by atoms with Crippen LogP contribution in [-0.4, -0.2) is 45.3 Å².